The fourth-order valence-electron chi connectivity index (χ4n) is 4.31. The van der Waals surface area contributed by atoms with Crippen LogP contribution in [0.25, 0.3) is 0 Å². The summed E-state index contributed by atoms with van der Waals surface area (Å²) in [5.74, 6) is 0.125. The number of rotatable bonds is 4. The van der Waals surface area contributed by atoms with Gasteiger partial charge in [0.1, 0.15) is 0 Å². The molecular weight excluding hydrogens is 346 g/mol. The van der Waals surface area contributed by atoms with Gasteiger partial charge in [0.15, 0.2) is 0 Å². The summed E-state index contributed by atoms with van der Waals surface area (Å²) in [6, 6.07) is 16.1. The van der Waals surface area contributed by atoms with Crippen LogP contribution in [0.1, 0.15) is 42.4 Å². The molecule has 1 aliphatic heterocycles. The van der Waals surface area contributed by atoms with Crippen LogP contribution in [0.2, 0.25) is 5.02 Å². The van der Waals surface area contributed by atoms with Crippen LogP contribution < -0.4 is 5.32 Å². The number of amides is 1. The Morgan fingerprint density at radius 1 is 1.08 bits per heavy atom. The molecule has 4 rings (SSSR count). The largest absolute Gasteiger partial charge is 0.371 e. The average molecular weight is 370 g/mol. The van der Waals surface area contributed by atoms with E-state index in [1.807, 2.05) is 30.3 Å². The van der Waals surface area contributed by atoms with E-state index in [2.05, 4.69) is 23.5 Å². The third-order valence-corrected chi connectivity index (χ3v) is 6.07. The van der Waals surface area contributed by atoms with Gasteiger partial charge < -0.3 is 10.1 Å². The topological polar surface area (TPSA) is 38.3 Å². The van der Waals surface area contributed by atoms with Gasteiger partial charge in [-0.05, 0) is 41.7 Å². The lowest BCUT2D eigenvalue weighted by atomic mass is 9.78. The molecule has 0 bridgehead atoms. The molecule has 136 valence electrons. The summed E-state index contributed by atoms with van der Waals surface area (Å²) in [7, 11) is 0. The first-order valence-electron chi connectivity index (χ1n) is 9.40. The van der Waals surface area contributed by atoms with E-state index in [0.717, 1.165) is 37.7 Å². The summed E-state index contributed by atoms with van der Waals surface area (Å²) in [6.07, 6.45) is 4.86. The Morgan fingerprint density at radius 2 is 1.77 bits per heavy atom. The maximum absolute atomic E-state index is 13.1. The molecule has 1 N–H and O–H groups in total. The summed E-state index contributed by atoms with van der Waals surface area (Å²) < 4.78 is 5.94. The Kier molecular flexibility index (Phi) is 5.01. The predicted molar refractivity (Wildman–Crippen MR) is 103 cm³/mol. The maximum Gasteiger partial charge on any atom is 0.230 e. The Morgan fingerprint density at radius 3 is 2.50 bits per heavy atom. The molecule has 1 unspecified atom stereocenters. The molecule has 0 saturated heterocycles. The van der Waals surface area contributed by atoms with Crippen LogP contribution in [0, 0.1) is 0 Å². The van der Waals surface area contributed by atoms with E-state index in [9.17, 15) is 4.79 Å². The highest BCUT2D eigenvalue weighted by Gasteiger charge is 2.42. The van der Waals surface area contributed by atoms with Crippen molar-refractivity contribution in [3.63, 3.8) is 0 Å². The number of carbonyl (C=O) groups excluding carboxylic acids is 1. The third kappa shape index (κ3) is 3.38. The van der Waals surface area contributed by atoms with Crippen LogP contribution in [0.3, 0.4) is 0 Å². The van der Waals surface area contributed by atoms with E-state index >= 15 is 0 Å². The summed E-state index contributed by atoms with van der Waals surface area (Å²) in [5.41, 5.74) is 3.23. The molecule has 1 amide bonds. The minimum atomic E-state index is -0.419. The van der Waals surface area contributed by atoms with E-state index in [4.69, 9.17) is 16.3 Å². The first kappa shape index (κ1) is 17.6. The lowest BCUT2D eigenvalue weighted by Crippen LogP contribution is -2.46. The molecule has 1 heterocycles. The minimum absolute atomic E-state index is 0.0394. The van der Waals surface area contributed by atoms with Crippen molar-refractivity contribution in [1.82, 2.24) is 5.32 Å². The van der Waals surface area contributed by atoms with E-state index in [1.165, 1.54) is 11.1 Å². The van der Waals surface area contributed by atoms with E-state index in [-0.39, 0.29) is 12.0 Å². The van der Waals surface area contributed by atoms with Crippen molar-refractivity contribution in [2.24, 2.45) is 0 Å². The second-order valence-electron chi connectivity index (χ2n) is 7.41. The average Bonchev–Trinajstić information content (AvgIpc) is 3.17. The Labute approximate surface area is 159 Å². The fraction of sp³-hybridized carbons (Fsp3) is 0.409. The van der Waals surface area contributed by atoms with Crippen molar-refractivity contribution in [2.75, 3.05) is 6.54 Å². The number of halogens is 1. The van der Waals surface area contributed by atoms with E-state index in [0.29, 0.717) is 18.2 Å². The molecule has 2 aromatic carbocycles. The monoisotopic (exact) mass is 369 g/mol. The van der Waals surface area contributed by atoms with Gasteiger partial charge in [0, 0.05) is 18.0 Å². The summed E-state index contributed by atoms with van der Waals surface area (Å²) in [4.78, 5) is 13.1. The standard InChI is InChI=1S/C22H24ClNO2/c23-19-9-7-18(8-10-19)22(11-3-4-12-22)21(25)24-14-20-13-16-5-1-2-6-17(16)15-26-20/h1-2,5-10,20H,3-4,11-15H2,(H,24,25). The van der Waals surface area contributed by atoms with Gasteiger partial charge >= 0.3 is 0 Å². The molecule has 0 spiro atoms. The van der Waals surface area contributed by atoms with Gasteiger partial charge in [-0.25, -0.2) is 0 Å². The van der Waals surface area contributed by atoms with Crippen LogP contribution in [0.4, 0.5) is 0 Å². The van der Waals surface area contributed by atoms with Crippen molar-refractivity contribution in [2.45, 2.75) is 50.2 Å². The first-order chi connectivity index (χ1) is 12.7. The zero-order valence-corrected chi connectivity index (χ0v) is 15.6. The molecule has 3 nitrogen and oxygen atoms in total. The van der Waals surface area contributed by atoms with Crippen molar-refractivity contribution in [3.8, 4) is 0 Å². The second kappa shape index (κ2) is 7.42. The van der Waals surface area contributed by atoms with Crippen LogP contribution in [0.15, 0.2) is 48.5 Å². The number of hydrogen-bond donors (Lipinski definition) is 1. The highest BCUT2D eigenvalue weighted by molar-refractivity contribution is 6.30. The SMILES string of the molecule is O=C(NCC1Cc2ccccc2CO1)C1(c2ccc(Cl)cc2)CCCC1. The normalized spacial score (nSPS) is 21.2. The van der Waals surface area contributed by atoms with Crippen molar-refractivity contribution < 1.29 is 9.53 Å². The fourth-order valence-corrected chi connectivity index (χ4v) is 4.44. The molecule has 4 heteroatoms. The van der Waals surface area contributed by atoms with Crippen LogP contribution in [-0.2, 0) is 28.0 Å². The molecular formula is C22H24ClNO2. The van der Waals surface area contributed by atoms with Gasteiger partial charge in [-0.1, -0.05) is 60.8 Å². The zero-order chi connectivity index (χ0) is 18.0. The summed E-state index contributed by atoms with van der Waals surface area (Å²) in [5, 5.41) is 3.89. The van der Waals surface area contributed by atoms with Crippen LogP contribution in [-0.4, -0.2) is 18.6 Å². The molecule has 1 aliphatic carbocycles. The first-order valence-corrected chi connectivity index (χ1v) is 9.78. The Bertz CT molecular complexity index is 781. The molecule has 1 atom stereocenters. The molecule has 0 radical (unpaired) electrons. The number of fused-ring (bicyclic) bond motifs is 1. The van der Waals surface area contributed by atoms with Gasteiger partial charge in [-0.3, -0.25) is 4.79 Å². The van der Waals surface area contributed by atoms with E-state index < -0.39 is 5.41 Å². The van der Waals surface area contributed by atoms with Gasteiger partial charge in [-0.15, -0.1) is 0 Å². The highest BCUT2D eigenvalue weighted by atomic mass is 35.5. The van der Waals surface area contributed by atoms with E-state index in [1.54, 1.807) is 0 Å². The smallest absolute Gasteiger partial charge is 0.230 e. The molecule has 1 fully saturated rings. The zero-order valence-electron chi connectivity index (χ0n) is 14.8. The molecule has 2 aliphatic rings. The minimum Gasteiger partial charge on any atom is -0.371 e. The number of ether oxygens (including phenoxy) is 1. The lowest BCUT2D eigenvalue weighted by molar-refractivity contribution is -0.127. The predicted octanol–water partition coefficient (Wildman–Crippen LogP) is 4.41. The molecule has 0 aromatic heterocycles. The van der Waals surface area contributed by atoms with Gasteiger partial charge in [0.2, 0.25) is 5.91 Å². The van der Waals surface area contributed by atoms with Gasteiger partial charge in [0.25, 0.3) is 0 Å². The van der Waals surface area contributed by atoms with Gasteiger partial charge in [0.05, 0.1) is 18.1 Å². The number of nitrogens with one attached hydrogen (secondary N) is 1. The molecule has 2 aromatic rings. The Hall–Kier alpha value is -1.84. The van der Waals surface area contributed by atoms with Crippen molar-refractivity contribution >= 4 is 17.5 Å². The molecule has 26 heavy (non-hydrogen) atoms. The number of hydrogen-bond acceptors (Lipinski definition) is 2. The second-order valence-corrected chi connectivity index (χ2v) is 7.85. The van der Waals surface area contributed by atoms with Gasteiger partial charge in [-0.2, -0.15) is 0 Å². The number of carbonyl (C=O) groups is 1. The maximum atomic E-state index is 13.1. The lowest BCUT2D eigenvalue weighted by Gasteiger charge is -2.31. The quantitative estimate of drug-likeness (QED) is 0.866. The van der Waals surface area contributed by atoms with Crippen LogP contribution in [0.5, 0.6) is 0 Å². The van der Waals surface area contributed by atoms with Crippen LogP contribution >= 0.6 is 11.6 Å². The Balaban J connectivity index is 1.44. The summed E-state index contributed by atoms with van der Waals surface area (Å²) in [6.45, 7) is 1.18. The van der Waals surface area contributed by atoms with Crippen molar-refractivity contribution in [1.29, 1.82) is 0 Å². The summed E-state index contributed by atoms with van der Waals surface area (Å²) >= 11 is 6.03. The van der Waals surface area contributed by atoms with Crippen molar-refractivity contribution in [3.05, 3.63) is 70.2 Å². The third-order valence-electron chi connectivity index (χ3n) is 5.82. The number of benzene rings is 2. The highest BCUT2D eigenvalue weighted by Crippen LogP contribution is 2.41. The molecule has 1 saturated carbocycles.